The summed E-state index contributed by atoms with van der Waals surface area (Å²) in [5, 5.41) is 4.08. The molecule has 2 aliphatic rings. The Bertz CT molecular complexity index is 914. The lowest BCUT2D eigenvalue weighted by Crippen LogP contribution is -2.38. The normalized spacial score (nSPS) is 21.4. The zero-order chi connectivity index (χ0) is 19.1. The van der Waals surface area contributed by atoms with Crippen molar-refractivity contribution in [3.63, 3.8) is 0 Å². The van der Waals surface area contributed by atoms with Crippen LogP contribution in [0.1, 0.15) is 47.9 Å². The van der Waals surface area contributed by atoms with Crippen molar-refractivity contribution in [2.75, 3.05) is 0 Å². The maximum atomic E-state index is 6.35. The highest BCUT2D eigenvalue weighted by Crippen LogP contribution is 2.33. The van der Waals surface area contributed by atoms with Crippen molar-refractivity contribution in [3.8, 4) is 0 Å². The molecule has 1 aromatic heterocycles. The SMILES string of the molecule is Cc1noc(C)c1C1=CC2C(N=CN2Cc2ccc(C(C)C)cc2)C(N)=C1. The number of aryl methyl sites for hydroxylation is 2. The van der Waals surface area contributed by atoms with Crippen molar-refractivity contribution >= 4 is 11.9 Å². The number of benzene rings is 1. The number of hydrogen-bond acceptors (Lipinski definition) is 5. The lowest BCUT2D eigenvalue weighted by Gasteiger charge is -2.29. The molecule has 0 bridgehead atoms. The first-order valence-corrected chi connectivity index (χ1v) is 9.44. The molecular formula is C22H26N4O. The summed E-state index contributed by atoms with van der Waals surface area (Å²) < 4.78 is 5.34. The molecule has 0 saturated heterocycles. The first-order chi connectivity index (χ1) is 12.9. The number of aromatic nitrogens is 1. The molecule has 1 aliphatic carbocycles. The van der Waals surface area contributed by atoms with Crippen LogP contribution in [0, 0.1) is 13.8 Å². The van der Waals surface area contributed by atoms with E-state index in [0.29, 0.717) is 5.92 Å². The zero-order valence-electron chi connectivity index (χ0n) is 16.3. The molecule has 27 heavy (non-hydrogen) atoms. The van der Waals surface area contributed by atoms with Crippen LogP contribution in [0.25, 0.3) is 5.57 Å². The molecule has 1 aliphatic heterocycles. The number of nitrogens with zero attached hydrogens (tertiary/aromatic N) is 3. The third-order valence-corrected chi connectivity index (χ3v) is 5.43. The predicted molar refractivity (Wildman–Crippen MR) is 108 cm³/mol. The number of hydrogen-bond donors (Lipinski definition) is 1. The molecule has 1 aromatic carbocycles. The van der Waals surface area contributed by atoms with Crippen LogP contribution in [0.3, 0.4) is 0 Å². The van der Waals surface area contributed by atoms with Gasteiger partial charge >= 0.3 is 0 Å². The number of nitrogens with two attached hydrogens (primary N) is 1. The fraction of sp³-hybridized carbons (Fsp3) is 0.364. The van der Waals surface area contributed by atoms with E-state index < -0.39 is 0 Å². The van der Waals surface area contributed by atoms with Crippen molar-refractivity contribution in [3.05, 3.63) is 70.3 Å². The summed E-state index contributed by atoms with van der Waals surface area (Å²) in [6.07, 6.45) is 6.17. The summed E-state index contributed by atoms with van der Waals surface area (Å²) in [6, 6.07) is 8.93. The van der Waals surface area contributed by atoms with Crippen molar-refractivity contribution in [2.24, 2.45) is 10.7 Å². The Balaban J connectivity index is 1.60. The Kier molecular flexibility index (Phi) is 4.38. The number of rotatable bonds is 4. The summed E-state index contributed by atoms with van der Waals surface area (Å²) in [7, 11) is 0. The minimum Gasteiger partial charge on any atom is -0.400 e. The third kappa shape index (κ3) is 3.18. The maximum absolute atomic E-state index is 6.35. The largest absolute Gasteiger partial charge is 0.400 e. The van der Waals surface area contributed by atoms with Crippen molar-refractivity contribution in [1.82, 2.24) is 10.1 Å². The van der Waals surface area contributed by atoms with Crippen LogP contribution in [0.2, 0.25) is 0 Å². The Morgan fingerprint density at radius 1 is 1.19 bits per heavy atom. The summed E-state index contributed by atoms with van der Waals surface area (Å²) in [5.74, 6) is 1.36. The number of allylic oxidation sites excluding steroid dienone is 2. The predicted octanol–water partition coefficient (Wildman–Crippen LogP) is 3.94. The molecule has 140 valence electrons. The maximum Gasteiger partial charge on any atom is 0.141 e. The molecule has 2 atom stereocenters. The lowest BCUT2D eigenvalue weighted by atomic mass is 9.90. The number of aliphatic imine (C=N–C) groups is 1. The highest BCUT2D eigenvalue weighted by atomic mass is 16.5. The van der Waals surface area contributed by atoms with Crippen LogP contribution in [0.15, 0.2) is 51.6 Å². The molecular weight excluding hydrogens is 336 g/mol. The van der Waals surface area contributed by atoms with E-state index in [0.717, 1.165) is 34.8 Å². The smallest absolute Gasteiger partial charge is 0.141 e. The van der Waals surface area contributed by atoms with Gasteiger partial charge in [0.05, 0.1) is 18.1 Å². The fourth-order valence-electron chi connectivity index (χ4n) is 3.89. The van der Waals surface area contributed by atoms with Gasteiger partial charge in [-0.25, -0.2) is 0 Å². The Morgan fingerprint density at radius 3 is 2.56 bits per heavy atom. The second-order valence-corrected chi connectivity index (χ2v) is 7.73. The highest BCUT2D eigenvalue weighted by molar-refractivity contribution is 5.80. The summed E-state index contributed by atoms with van der Waals surface area (Å²) >= 11 is 0. The van der Waals surface area contributed by atoms with Crippen LogP contribution in [0.4, 0.5) is 0 Å². The van der Waals surface area contributed by atoms with E-state index in [-0.39, 0.29) is 12.1 Å². The van der Waals surface area contributed by atoms with Crippen LogP contribution >= 0.6 is 0 Å². The van der Waals surface area contributed by atoms with Gasteiger partial charge in [0.25, 0.3) is 0 Å². The average Bonchev–Trinajstić information content (AvgIpc) is 3.19. The molecule has 0 amide bonds. The summed E-state index contributed by atoms with van der Waals surface area (Å²) in [4.78, 5) is 6.90. The van der Waals surface area contributed by atoms with E-state index in [2.05, 4.69) is 59.2 Å². The van der Waals surface area contributed by atoms with Gasteiger partial charge < -0.3 is 15.2 Å². The first kappa shape index (κ1) is 17.6. The van der Waals surface area contributed by atoms with Crippen LogP contribution in [-0.4, -0.2) is 28.5 Å². The summed E-state index contributed by atoms with van der Waals surface area (Å²) in [5.41, 5.74) is 12.7. The lowest BCUT2D eigenvalue weighted by molar-refractivity contribution is 0.365. The van der Waals surface area contributed by atoms with Crippen LogP contribution < -0.4 is 5.73 Å². The second kappa shape index (κ2) is 6.72. The summed E-state index contributed by atoms with van der Waals surface area (Å²) in [6.45, 7) is 9.13. The van der Waals surface area contributed by atoms with Gasteiger partial charge in [0, 0.05) is 17.8 Å². The highest BCUT2D eigenvalue weighted by Gasteiger charge is 2.34. The molecule has 2 unspecified atom stereocenters. The van der Waals surface area contributed by atoms with Crippen molar-refractivity contribution < 1.29 is 4.52 Å². The fourth-order valence-corrected chi connectivity index (χ4v) is 3.89. The van der Waals surface area contributed by atoms with Gasteiger partial charge in [0.15, 0.2) is 0 Å². The van der Waals surface area contributed by atoms with Gasteiger partial charge in [0.2, 0.25) is 0 Å². The van der Waals surface area contributed by atoms with Crippen molar-refractivity contribution in [2.45, 2.75) is 52.2 Å². The third-order valence-electron chi connectivity index (χ3n) is 5.43. The molecule has 0 fully saturated rings. The number of fused-ring (bicyclic) bond motifs is 1. The molecule has 0 saturated carbocycles. The van der Waals surface area contributed by atoms with E-state index in [9.17, 15) is 0 Å². The molecule has 5 heteroatoms. The van der Waals surface area contributed by atoms with Gasteiger partial charge in [-0.1, -0.05) is 49.3 Å². The first-order valence-electron chi connectivity index (χ1n) is 9.44. The monoisotopic (exact) mass is 362 g/mol. The van der Waals surface area contributed by atoms with Crippen LogP contribution in [-0.2, 0) is 6.54 Å². The molecule has 2 N–H and O–H groups in total. The molecule has 0 spiro atoms. The van der Waals surface area contributed by atoms with Gasteiger partial charge in [0.1, 0.15) is 11.8 Å². The van der Waals surface area contributed by atoms with Crippen molar-refractivity contribution in [1.29, 1.82) is 0 Å². The van der Waals surface area contributed by atoms with Gasteiger partial charge in [-0.2, -0.15) is 0 Å². The minimum absolute atomic E-state index is 0.0239. The Morgan fingerprint density at radius 2 is 1.93 bits per heavy atom. The quantitative estimate of drug-likeness (QED) is 0.895. The van der Waals surface area contributed by atoms with E-state index in [1.165, 1.54) is 11.1 Å². The molecule has 4 rings (SSSR count). The van der Waals surface area contributed by atoms with E-state index in [4.69, 9.17) is 10.3 Å². The van der Waals surface area contributed by atoms with Gasteiger partial charge in [-0.05, 0) is 42.5 Å². The zero-order valence-corrected chi connectivity index (χ0v) is 16.3. The molecule has 0 radical (unpaired) electrons. The van der Waals surface area contributed by atoms with E-state index in [1.807, 2.05) is 26.3 Å². The Labute approximate surface area is 160 Å². The second-order valence-electron chi connectivity index (χ2n) is 7.73. The van der Waals surface area contributed by atoms with Gasteiger partial charge in [-0.3, -0.25) is 4.99 Å². The molecule has 2 aromatic rings. The topological polar surface area (TPSA) is 67.7 Å². The Hall–Kier alpha value is -2.82. The molecule has 5 nitrogen and oxygen atoms in total. The molecule has 2 heterocycles. The van der Waals surface area contributed by atoms with E-state index >= 15 is 0 Å². The van der Waals surface area contributed by atoms with Crippen LogP contribution in [0.5, 0.6) is 0 Å². The minimum atomic E-state index is -0.0239. The van der Waals surface area contributed by atoms with E-state index in [1.54, 1.807) is 0 Å². The standard InChI is InChI=1S/C22H26N4O/c1-13(2)17-7-5-16(6-8-17)11-26-12-24-22-19(23)9-18(10-20(22)26)21-14(3)25-27-15(21)4/h5-10,12-13,20,22H,11,23H2,1-4H3. The van der Waals surface area contributed by atoms with Gasteiger partial charge in [-0.15, -0.1) is 0 Å². The average molecular weight is 362 g/mol.